The Hall–Kier alpha value is -1.34. The van der Waals surface area contributed by atoms with Gasteiger partial charge in [-0.15, -0.1) is 0 Å². The first-order valence-electron chi connectivity index (χ1n) is 7.91. The molecule has 0 spiro atoms. The van der Waals surface area contributed by atoms with Crippen LogP contribution in [0.5, 0.6) is 0 Å². The minimum atomic E-state index is -0.284. The number of benzene rings is 1. The summed E-state index contributed by atoms with van der Waals surface area (Å²) < 4.78 is 5.26. The number of morpholine rings is 1. The second-order valence-corrected chi connectivity index (χ2v) is 6.69. The Balaban J connectivity index is 1.57. The minimum absolute atomic E-state index is 0.0656. The highest BCUT2D eigenvalue weighted by molar-refractivity contribution is 6.43. The van der Waals surface area contributed by atoms with Gasteiger partial charge in [0.2, 0.25) is 5.91 Å². The SMILES string of the molecule is O=C(N[C@H]1CN[C@H](C(=O)N2CCOCC2)C1)c1cccc(Cl)c1Cl. The van der Waals surface area contributed by atoms with Gasteiger partial charge >= 0.3 is 0 Å². The molecule has 2 saturated heterocycles. The highest BCUT2D eigenvalue weighted by Crippen LogP contribution is 2.25. The molecule has 2 aliphatic rings. The van der Waals surface area contributed by atoms with Crippen molar-refractivity contribution in [3.8, 4) is 0 Å². The van der Waals surface area contributed by atoms with Gasteiger partial charge in [0.15, 0.2) is 0 Å². The molecule has 2 atom stereocenters. The zero-order valence-corrected chi connectivity index (χ0v) is 14.6. The third-order valence-corrected chi connectivity index (χ3v) is 5.10. The largest absolute Gasteiger partial charge is 0.378 e. The second kappa shape index (κ2) is 7.70. The molecule has 0 unspecified atom stereocenters. The van der Waals surface area contributed by atoms with Crippen LogP contribution in [0.15, 0.2) is 18.2 Å². The number of nitrogens with zero attached hydrogens (tertiary/aromatic N) is 1. The molecule has 1 aromatic rings. The van der Waals surface area contributed by atoms with Crippen LogP contribution in [0, 0.1) is 0 Å². The molecule has 8 heteroatoms. The van der Waals surface area contributed by atoms with E-state index < -0.39 is 0 Å². The van der Waals surface area contributed by atoms with Crippen molar-refractivity contribution in [3.63, 3.8) is 0 Å². The van der Waals surface area contributed by atoms with Gasteiger partial charge in [0.1, 0.15) is 0 Å². The lowest BCUT2D eigenvalue weighted by molar-refractivity contribution is -0.137. The molecule has 130 valence electrons. The number of halogens is 2. The van der Waals surface area contributed by atoms with Gasteiger partial charge in [0.05, 0.1) is 34.9 Å². The molecule has 6 nitrogen and oxygen atoms in total. The Kier molecular flexibility index (Phi) is 5.61. The summed E-state index contributed by atoms with van der Waals surface area (Å²) in [6.07, 6.45) is 0.556. The summed E-state index contributed by atoms with van der Waals surface area (Å²) in [6, 6.07) is 4.54. The number of ether oxygens (including phenoxy) is 1. The highest BCUT2D eigenvalue weighted by atomic mass is 35.5. The Bertz CT molecular complexity index is 635. The van der Waals surface area contributed by atoms with Crippen LogP contribution in [0.2, 0.25) is 10.0 Å². The second-order valence-electron chi connectivity index (χ2n) is 5.91. The van der Waals surface area contributed by atoms with Crippen LogP contribution < -0.4 is 10.6 Å². The quantitative estimate of drug-likeness (QED) is 0.840. The number of hydrogen-bond acceptors (Lipinski definition) is 4. The molecule has 2 aliphatic heterocycles. The summed E-state index contributed by atoms with van der Waals surface area (Å²) in [7, 11) is 0. The monoisotopic (exact) mass is 371 g/mol. The van der Waals surface area contributed by atoms with Gasteiger partial charge in [-0.05, 0) is 18.6 Å². The number of rotatable bonds is 3. The Morgan fingerprint density at radius 2 is 2.00 bits per heavy atom. The van der Waals surface area contributed by atoms with Crippen LogP contribution in [0.1, 0.15) is 16.8 Å². The zero-order valence-electron chi connectivity index (χ0n) is 13.1. The van der Waals surface area contributed by atoms with Gasteiger partial charge in [-0.1, -0.05) is 29.3 Å². The number of amides is 2. The zero-order chi connectivity index (χ0) is 17.1. The van der Waals surface area contributed by atoms with E-state index in [4.69, 9.17) is 27.9 Å². The number of hydrogen-bond donors (Lipinski definition) is 2. The van der Waals surface area contributed by atoms with E-state index in [0.717, 1.165) is 0 Å². The van der Waals surface area contributed by atoms with Crippen molar-refractivity contribution < 1.29 is 14.3 Å². The van der Waals surface area contributed by atoms with Crippen molar-refractivity contribution in [2.45, 2.75) is 18.5 Å². The molecule has 2 heterocycles. The lowest BCUT2D eigenvalue weighted by Gasteiger charge is -2.29. The molecular weight excluding hydrogens is 353 g/mol. The molecule has 0 aliphatic carbocycles. The summed E-state index contributed by atoms with van der Waals surface area (Å²) in [5.41, 5.74) is 0.340. The predicted octanol–water partition coefficient (Wildman–Crippen LogP) is 1.31. The lowest BCUT2D eigenvalue weighted by Crippen LogP contribution is -2.48. The smallest absolute Gasteiger partial charge is 0.253 e. The van der Waals surface area contributed by atoms with Crippen LogP contribution in [-0.4, -0.2) is 61.6 Å². The van der Waals surface area contributed by atoms with E-state index >= 15 is 0 Å². The first-order chi connectivity index (χ1) is 11.6. The fourth-order valence-electron chi connectivity index (χ4n) is 2.98. The maximum Gasteiger partial charge on any atom is 0.253 e. The fraction of sp³-hybridized carbons (Fsp3) is 0.500. The van der Waals surface area contributed by atoms with Crippen LogP contribution in [0.3, 0.4) is 0 Å². The van der Waals surface area contributed by atoms with Gasteiger partial charge in [-0.3, -0.25) is 9.59 Å². The topological polar surface area (TPSA) is 70.7 Å². The molecule has 3 rings (SSSR count). The average molecular weight is 372 g/mol. The Labute approximate surface area is 150 Å². The molecule has 0 aromatic heterocycles. The van der Waals surface area contributed by atoms with Crippen molar-refractivity contribution in [3.05, 3.63) is 33.8 Å². The standard InChI is InChI=1S/C16H19Cl2N3O3/c17-12-3-1-2-11(14(12)18)15(22)20-10-8-13(19-9-10)16(23)21-4-6-24-7-5-21/h1-3,10,13,19H,4-9H2,(H,20,22)/t10-,13+/m1/s1. The lowest BCUT2D eigenvalue weighted by atomic mass is 10.1. The van der Waals surface area contributed by atoms with Crippen LogP contribution in [0.25, 0.3) is 0 Å². The van der Waals surface area contributed by atoms with E-state index in [2.05, 4.69) is 10.6 Å². The first kappa shape index (κ1) is 17.5. The van der Waals surface area contributed by atoms with Crippen molar-refractivity contribution in [2.24, 2.45) is 0 Å². The third kappa shape index (κ3) is 3.83. The van der Waals surface area contributed by atoms with E-state index in [-0.39, 0.29) is 28.9 Å². The summed E-state index contributed by atoms with van der Waals surface area (Å²) >= 11 is 12.0. The Morgan fingerprint density at radius 1 is 1.25 bits per heavy atom. The van der Waals surface area contributed by atoms with Gasteiger partial charge in [-0.2, -0.15) is 0 Å². The summed E-state index contributed by atoms with van der Waals surface area (Å²) in [4.78, 5) is 26.6. The number of nitrogens with one attached hydrogen (secondary N) is 2. The van der Waals surface area contributed by atoms with Gasteiger partial charge in [0, 0.05) is 25.7 Å². The average Bonchev–Trinajstić information content (AvgIpc) is 3.05. The molecule has 1 aromatic carbocycles. The molecule has 0 radical (unpaired) electrons. The maximum atomic E-state index is 12.5. The molecule has 24 heavy (non-hydrogen) atoms. The van der Waals surface area contributed by atoms with Crippen LogP contribution >= 0.6 is 23.2 Å². The summed E-state index contributed by atoms with van der Waals surface area (Å²) in [5, 5.41) is 6.67. The molecule has 2 N–H and O–H groups in total. The van der Waals surface area contributed by atoms with Crippen LogP contribution in [-0.2, 0) is 9.53 Å². The number of carbonyl (C=O) groups excluding carboxylic acids is 2. The third-order valence-electron chi connectivity index (χ3n) is 4.28. The fourth-order valence-corrected chi connectivity index (χ4v) is 3.37. The Morgan fingerprint density at radius 3 is 2.75 bits per heavy atom. The van der Waals surface area contributed by atoms with Crippen LogP contribution in [0.4, 0.5) is 0 Å². The number of carbonyl (C=O) groups is 2. The highest BCUT2D eigenvalue weighted by Gasteiger charge is 2.33. The van der Waals surface area contributed by atoms with Crippen molar-refractivity contribution in [2.75, 3.05) is 32.8 Å². The van der Waals surface area contributed by atoms with Gasteiger partial charge < -0.3 is 20.3 Å². The van der Waals surface area contributed by atoms with E-state index in [1.807, 2.05) is 0 Å². The van der Waals surface area contributed by atoms with Crippen molar-refractivity contribution in [1.29, 1.82) is 0 Å². The van der Waals surface area contributed by atoms with Crippen molar-refractivity contribution >= 4 is 35.0 Å². The molecule has 0 bridgehead atoms. The molecule has 2 amide bonds. The van der Waals surface area contributed by atoms with Crippen molar-refractivity contribution in [1.82, 2.24) is 15.5 Å². The van der Waals surface area contributed by atoms with Gasteiger partial charge in [-0.25, -0.2) is 0 Å². The van der Waals surface area contributed by atoms with Gasteiger partial charge in [0.25, 0.3) is 5.91 Å². The maximum absolute atomic E-state index is 12.5. The van der Waals surface area contributed by atoms with E-state index in [0.29, 0.717) is 49.9 Å². The van der Waals surface area contributed by atoms with E-state index in [9.17, 15) is 9.59 Å². The predicted molar refractivity (Wildman–Crippen MR) is 91.5 cm³/mol. The first-order valence-corrected chi connectivity index (χ1v) is 8.66. The molecule has 2 fully saturated rings. The van der Waals surface area contributed by atoms with E-state index in [1.165, 1.54) is 0 Å². The summed E-state index contributed by atoms with van der Waals surface area (Å²) in [5.74, 6) is -0.218. The minimum Gasteiger partial charge on any atom is -0.378 e. The normalized spacial score (nSPS) is 24.0. The molecular formula is C16H19Cl2N3O3. The summed E-state index contributed by atoms with van der Waals surface area (Å²) in [6.45, 7) is 2.93. The molecule has 0 saturated carbocycles. The van der Waals surface area contributed by atoms with E-state index in [1.54, 1.807) is 23.1 Å².